The maximum atomic E-state index is 9.56. The number of hydrogen-bond acceptors (Lipinski definition) is 4. The zero-order valence-electron chi connectivity index (χ0n) is 14.0. The molecule has 1 aliphatic rings. The van der Waals surface area contributed by atoms with Crippen LogP contribution in [0.25, 0.3) is 22.2 Å². The SMILES string of the molecule is N#Cc1cc2ccccc2nc1-c1cccc(CN2CCOCC2)c1. The molecular weight excluding hydrogens is 310 g/mol. The Kier molecular flexibility index (Phi) is 4.43. The van der Waals surface area contributed by atoms with Gasteiger partial charge in [-0.3, -0.25) is 4.90 Å². The fourth-order valence-electron chi connectivity index (χ4n) is 3.26. The number of nitrogens with zero attached hydrogens (tertiary/aromatic N) is 3. The number of nitriles is 1. The summed E-state index contributed by atoms with van der Waals surface area (Å²) in [6, 6.07) is 20.5. The molecule has 3 aromatic rings. The lowest BCUT2D eigenvalue weighted by Gasteiger charge is -2.26. The van der Waals surface area contributed by atoms with E-state index in [2.05, 4.69) is 23.1 Å². The minimum Gasteiger partial charge on any atom is -0.379 e. The molecule has 2 heterocycles. The van der Waals surface area contributed by atoms with Crippen LogP contribution in [0.15, 0.2) is 54.6 Å². The maximum Gasteiger partial charge on any atom is 0.101 e. The van der Waals surface area contributed by atoms with Gasteiger partial charge in [0.25, 0.3) is 0 Å². The van der Waals surface area contributed by atoms with E-state index in [1.165, 1.54) is 5.56 Å². The van der Waals surface area contributed by atoms with Crippen molar-refractivity contribution in [2.75, 3.05) is 26.3 Å². The lowest BCUT2D eigenvalue weighted by molar-refractivity contribution is 0.0342. The number of rotatable bonds is 3. The minimum absolute atomic E-state index is 0.613. The van der Waals surface area contributed by atoms with Gasteiger partial charge in [0.05, 0.1) is 30.0 Å². The van der Waals surface area contributed by atoms with Crippen LogP contribution in [0.1, 0.15) is 11.1 Å². The Hall–Kier alpha value is -2.74. The Balaban J connectivity index is 1.70. The van der Waals surface area contributed by atoms with Crippen molar-refractivity contribution in [3.05, 3.63) is 65.7 Å². The summed E-state index contributed by atoms with van der Waals surface area (Å²) >= 11 is 0. The molecule has 4 nitrogen and oxygen atoms in total. The molecule has 0 N–H and O–H groups in total. The molecule has 0 spiro atoms. The summed E-state index contributed by atoms with van der Waals surface area (Å²) in [7, 11) is 0. The lowest BCUT2D eigenvalue weighted by Crippen LogP contribution is -2.35. The van der Waals surface area contributed by atoms with Crippen LogP contribution in [0.2, 0.25) is 0 Å². The summed E-state index contributed by atoms with van der Waals surface area (Å²) in [5.41, 5.74) is 4.51. The molecule has 1 aromatic heterocycles. The third-order valence-corrected chi connectivity index (χ3v) is 4.55. The van der Waals surface area contributed by atoms with Crippen LogP contribution in [-0.4, -0.2) is 36.2 Å². The summed E-state index contributed by atoms with van der Waals surface area (Å²) in [6.07, 6.45) is 0. The molecule has 1 fully saturated rings. The van der Waals surface area contributed by atoms with Crippen molar-refractivity contribution in [1.82, 2.24) is 9.88 Å². The number of hydrogen-bond donors (Lipinski definition) is 0. The first kappa shape index (κ1) is 15.8. The molecule has 2 aromatic carbocycles. The van der Waals surface area contributed by atoms with Gasteiger partial charge in [0.15, 0.2) is 0 Å². The number of aromatic nitrogens is 1. The first-order chi connectivity index (χ1) is 12.3. The largest absolute Gasteiger partial charge is 0.379 e. The number of pyridine rings is 1. The monoisotopic (exact) mass is 329 g/mol. The molecule has 4 heteroatoms. The first-order valence-corrected chi connectivity index (χ1v) is 8.53. The summed E-state index contributed by atoms with van der Waals surface area (Å²) in [4.78, 5) is 7.14. The summed E-state index contributed by atoms with van der Waals surface area (Å²) in [5.74, 6) is 0. The highest BCUT2D eigenvalue weighted by Crippen LogP contribution is 2.26. The summed E-state index contributed by atoms with van der Waals surface area (Å²) < 4.78 is 5.41. The highest BCUT2D eigenvalue weighted by Gasteiger charge is 2.13. The van der Waals surface area contributed by atoms with Gasteiger partial charge < -0.3 is 4.74 Å². The predicted octanol–water partition coefficient (Wildman–Crippen LogP) is 3.61. The van der Waals surface area contributed by atoms with Gasteiger partial charge in [0, 0.05) is 30.6 Å². The van der Waals surface area contributed by atoms with Crippen LogP contribution in [0.4, 0.5) is 0 Å². The van der Waals surface area contributed by atoms with Gasteiger partial charge in [-0.2, -0.15) is 5.26 Å². The molecule has 0 saturated carbocycles. The molecule has 0 atom stereocenters. The van der Waals surface area contributed by atoms with Gasteiger partial charge in [-0.05, 0) is 23.8 Å². The van der Waals surface area contributed by atoms with E-state index in [1.807, 2.05) is 42.5 Å². The third-order valence-electron chi connectivity index (χ3n) is 4.55. The quantitative estimate of drug-likeness (QED) is 0.736. The smallest absolute Gasteiger partial charge is 0.101 e. The second kappa shape index (κ2) is 7.02. The van der Waals surface area contributed by atoms with E-state index in [1.54, 1.807) is 0 Å². The van der Waals surface area contributed by atoms with Gasteiger partial charge in [0.2, 0.25) is 0 Å². The van der Waals surface area contributed by atoms with Gasteiger partial charge in [-0.15, -0.1) is 0 Å². The molecule has 4 rings (SSSR count). The van der Waals surface area contributed by atoms with E-state index in [0.29, 0.717) is 5.56 Å². The lowest BCUT2D eigenvalue weighted by atomic mass is 10.0. The molecule has 25 heavy (non-hydrogen) atoms. The average molecular weight is 329 g/mol. The summed E-state index contributed by atoms with van der Waals surface area (Å²) in [6.45, 7) is 4.41. The Morgan fingerprint density at radius 2 is 1.88 bits per heavy atom. The van der Waals surface area contributed by atoms with Gasteiger partial charge in [-0.25, -0.2) is 4.98 Å². The number of fused-ring (bicyclic) bond motifs is 1. The molecule has 124 valence electrons. The zero-order valence-corrected chi connectivity index (χ0v) is 14.0. The van der Waals surface area contributed by atoms with E-state index in [-0.39, 0.29) is 0 Å². The normalized spacial score (nSPS) is 15.2. The molecule has 1 saturated heterocycles. The number of benzene rings is 2. The van der Waals surface area contributed by atoms with E-state index >= 15 is 0 Å². The van der Waals surface area contributed by atoms with Crippen LogP contribution >= 0.6 is 0 Å². The number of ether oxygens (including phenoxy) is 1. The standard InChI is InChI=1S/C21H19N3O/c22-14-19-13-17-5-1-2-7-20(17)23-21(19)18-6-3-4-16(12-18)15-24-8-10-25-11-9-24/h1-7,12-13H,8-11,15H2. The van der Waals surface area contributed by atoms with E-state index < -0.39 is 0 Å². The van der Waals surface area contributed by atoms with Crippen molar-refractivity contribution in [2.24, 2.45) is 0 Å². The molecule has 0 aliphatic carbocycles. The van der Waals surface area contributed by atoms with Gasteiger partial charge >= 0.3 is 0 Å². The molecule has 0 bridgehead atoms. The maximum absolute atomic E-state index is 9.56. The third kappa shape index (κ3) is 3.39. The fourth-order valence-corrected chi connectivity index (χ4v) is 3.26. The van der Waals surface area contributed by atoms with Crippen molar-refractivity contribution in [2.45, 2.75) is 6.54 Å². The van der Waals surface area contributed by atoms with Crippen molar-refractivity contribution in [3.63, 3.8) is 0 Å². The molecule has 0 radical (unpaired) electrons. The number of para-hydroxylation sites is 1. The Morgan fingerprint density at radius 1 is 1.04 bits per heavy atom. The Bertz CT molecular complexity index is 939. The molecule has 1 aliphatic heterocycles. The highest BCUT2D eigenvalue weighted by molar-refractivity contribution is 5.84. The van der Waals surface area contributed by atoms with Crippen molar-refractivity contribution >= 4 is 10.9 Å². The molecule has 0 amide bonds. The first-order valence-electron chi connectivity index (χ1n) is 8.53. The second-order valence-electron chi connectivity index (χ2n) is 6.28. The minimum atomic E-state index is 0.613. The van der Waals surface area contributed by atoms with Crippen molar-refractivity contribution in [3.8, 4) is 17.3 Å². The topological polar surface area (TPSA) is 49.2 Å². The van der Waals surface area contributed by atoms with Gasteiger partial charge in [0.1, 0.15) is 6.07 Å². The van der Waals surface area contributed by atoms with Crippen molar-refractivity contribution in [1.29, 1.82) is 5.26 Å². The Labute approximate surface area is 147 Å². The van der Waals surface area contributed by atoms with E-state index in [0.717, 1.165) is 55.0 Å². The van der Waals surface area contributed by atoms with E-state index in [4.69, 9.17) is 9.72 Å². The average Bonchev–Trinajstić information content (AvgIpc) is 2.68. The van der Waals surface area contributed by atoms with Crippen LogP contribution in [0.3, 0.4) is 0 Å². The molecular formula is C21H19N3O. The fraction of sp³-hybridized carbons (Fsp3) is 0.238. The highest BCUT2D eigenvalue weighted by atomic mass is 16.5. The molecule has 0 unspecified atom stereocenters. The van der Waals surface area contributed by atoms with Crippen LogP contribution in [-0.2, 0) is 11.3 Å². The zero-order chi connectivity index (χ0) is 17.1. The summed E-state index contributed by atoms with van der Waals surface area (Å²) in [5, 5.41) is 10.6. The van der Waals surface area contributed by atoms with Crippen LogP contribution < -0.4 is 0 Å². The second-order valence-corrected chi connectivity index (χ2v) is 6.28. The van der Waals surface area contributed by atoms with E-state index in [9.17, 15) is 5.26 Å². The predicted molar refractivity (Wildman–Crippen MR) is 98.0 cm³/mol. The van der Waals surface area contributed by atoms with Crippen molar-refractivity contribution < 1.29 is 4.74 Å². The van der Waals surface area contributed by atoms with Crippen LogP contribution in [0, 0.1) is 11.3 Å². The van der Waals surface area contributed by atoms with Gasteiger partial charge in [-0.1, -0.05) is 36.4 Å². The Morgan fingerprint density at radius 3 is 2.72 bits per heavy atom. The van der Waals surface area contributed by atoms with Crippen LogP contribution in [0.5, 0.6) is 0 Å². The number of morpholine rings is 1.